The second kappa shape index (κ2) is 5.96. The summed E-state index contributed by atoms with van der Waals surface area (Å²) in [6.07, 6.45) is 0. The van der Waals surface area contributed by atoms with Gasteiger partial charge in [-0.2, -0.15) is 0 Å². The van der Waals surface area contributed by atoms with Crippen molar-refractivity contribution in [1.82, 2.24) is 0 Å². The standard InChI is InChI=1S/C15H14N2O4/c1-20-15(19)11-6-3-7-12(16)13(11)21-10-5-2-4-9(8-10)14(17)18/h2-8H,16H2,1H3,(H2,17,18). The van der Waals surface area contributed by atoms with Gasteiger partial charge in [0.2, 0.25) is 5.91 Å². The minimum absolute atomic E-state index is 0.172. The Hall–Kier alpha value is -3.02. The van der Waals surface area contributed by atoms with Crippen molar-refractivity contribution in [1.29, 1.82) is 0 Å². The van der Waals surface area contributed by atoms with Gasteiger partial charge in [0.15, 0.2) is 5.75 Å². The van der Waals surface area contributed by atoms with Crippen LogP contribution in [0.1, 0.15) is 20.7 Å². The van der Waals surface area contributed by atoms with Gasteiger partial charge in [-0.1, -0.05) is 12.1 Å². The number of primary amides is 1. The molecular formula is C15H14N2O4. The normalized spacial score (nSPS) is 9.95. The molecule has 0 aliphatic carbocycles. The highest BCUT2D eigenvalue weighted by atomic mass is 16.5. The van der Waals surface area contributed by atoms with Crippen molar-refractivity contribution in [3.63, 3.8) is 0 Å². The van der Waals surface area contributed by atoms with E-state index < -0.39 is 11.9 Å². The number of ether oxygens (including phenoxy) is 2. The SMILES string of the molecule is COC(=O)c1cccc(N)c1Oc1cccc(C(N)=O)c1. The number of nitrogens with two attached hydrogens (primary N) is 2. The zero-order chi connectivity index (χ0) is 15.4. The van der Waals surface area contributed by atoms with Crippen molar-refractivity contribution in [2.75, 3.05) is 12.8 Å². The van der Waals surface area contributed by atoms with E-state index in [0.717, 1.165) is 0 Å². The highest BCUT2D eigenvalue weighted by Crippen LogP contribution is 2.32. The Bertz CT molecular complexity index is 698. The molecule has 1 amide bonds. The van der Waals surface area contributed by atoms with Gasteiger partial charge in [0.25, 0.3) is 0 Å². The van der Waals surface area contributed by atoms with Gasteiger partial charge in [-0.05, 0) is 30.3 Å². The molecule has 0 fully saturated rings. The van der Waals surface area contributed by atoms with Crippen LogP contribution in [0.3, 0.4) is 0 Å². The largest absolute Gasteiger partial charge is 0.465 e. The third-order valence-corrected chi connectivity index (χ3v) is 2.79. The lowest BCUT2D eigenvalue weighted by atomic mass is 10.1. The van der Waals surface area contributed by atoms with Crippen LogP contribution in [0, 0.1) is 0 Å². The fourth-order valence-corrected chi connectivity index (χ4v) is 1.77. The van der Waals surface area contributed by atoms with Crippen molar-refractivity contribution in [3.05, 3.63) is 53.6 Å². The third-order valence-electron chi connectivity index (χ3n) is 2.79. The van der Waals surface area contributed by atoms with E-state index in [-0.39, 0.29) is 17.0 Å². The summed E-state index contributed by atoms with van der Waals surface area (Å²) in [6, 6.07) is 11.0. The summed E-state index contributed by atoms with van der Waals surface area (Å²) in [5.74, 6) is -0.627. The van der Waals surface area contributed by atoms with E-state index in [0.29, 0.717) is 11.3 Å². The minimum atomic E-state index is -0.574. The fourth-order valence-electron chi connectivity index (χ4n) is 1.77. The van der Waals surface area contributed by atoms with E-state index in [9.17, 15) is 9.59 Å². The Balaban J connectivity index is 2.42. The van der Waals surface area contributed by atoms with E-state index >= 15 is 0 Å². The first-order chi connectivity index (χ1) is 10.0. The smallest absolute Gasteiger partial charge is 0.341 e. The van der Waals surface area contributed by atoms with Crippen molar-refractivity contribution >= 4 is 17.6 Å². The topological polar surface area (TPSA) is 105 Å². The summed E-state index contributed by atoms with van der Waals surface area (Å²) < 4.78 is 10.3. The van der Waals surface area contributed by atoms with E-state index in [4.69, 9.17) is 16.2 Å². The first-order valence-corrected chi connectivity index (χ1v) is 6.07. The van der Waals surface area contributed by atoms with Crippen LogP contribution in [0.2, 0.25) is 0 Å². The maximum Gasteiger partial charge on any atom is 0.341 e. The van der Waals surface area contributed by atoms with Crippen LogP contribution < -0.4 is 16.2 Å². The molecule has 0 atom stereocenters. The average molecular weight is 286 g/mol. The highest BCUT2D eigenvalue weighted by Gasteiger charge is 2.16. The molecule has 108 valence electrons. The summed E-state index contributed by atoms with van der Waals surface area (Å²) in [4.78, 5) is 22.9. The predicted octanol–water partition coefficient (Wildman–Crippen LogP) is 1.95. The molecule has 0 unspecified atom stereocenters. The molecule has 0 radical (unpaired) electrons. The second-order valence-electron chi connectivity index (χ2n) is 4.21. The Morgan fingerprint density at radius 1 is 1.10 bits per heavy atom. The van der Waals surface area contributed by atoms with Crippen LogP contribution in [0.4, 0.5) is 5.69 Å². The third kappa shape index (κ3) is 3.11. The number of carbonyl (C=O) groups excluding carboxylic acids is 2. The Labute approximate surface area is 121 Å². The summed E-state index contributed by atoms with van der Waals surface area (Å²) in [5, 5.41) is 0. The molecular weight excluding hydrogens is 272 g/mol. The number of esters is 1. The average Bonchev–Trinajstić information content (AvgIpc) is 2.48. The molecule has 0 aromatic heterocycles. The summed E-state index contributed by atoms with van der Waals surface area (Å²) >= 11 is 0. The second-order valence-corrected chi connectivity index (χ2v) is 4.21. The fraction of sp³-hybridized carbons (Fsp3) is 0.0667. The molecule has 0 saturated heterocycles. The number of para-hydroxylation sites is 1. The van der Waals surface area contributed by atoms with Gasteiger partial charge in [0, 0.05) is 5.56 Å². The molecule has 4 N–H and O–H groups in total. The molecule has 2 aromatic carbocycles. The van der Waals surface area contributed by atoms with Gasteiger partial charge in [-0.3, -0.25) is 4.79 Å². The van der Waals surface area contributed by atoms with Gasteiger partial charge in [-0.25, -0.2) is 4.79 Å². The van der Waals surface area contributed by atoms with Crippen molar-refractivity contribution in [2.24, 2.45) is 5.73 Å². The van der Waals surface area contributed by atoms with Crippen LogP contribution in [0.15, 0.2) is 42.5 Å². The molecule has 2 aromatic rings. The lowest BCUT2D eigenvalue weighted by Crippen LogP contribution is -2.10. The molecule has 0 aliphatic heterocycles. The number of rotatable bonds is 4. The Morgan fingerprint density at radius 2 is 1.81 bits per heavy atom. The first-order valence-electron chi connectivity index (χ1n) is 6.07. The molecule has 6 nitrogen and oxygen atoms in total. The van der Waals surface area contributed by atoms with Crippen molar-refractivity contribution in [3.8, 4) is 11.5 Å². The molecule has 0 bridgehead atoms. The van der Waals surface area contributed by atoms with Gasteiger partial charge < -0.3 is 20.9 Å². The zero-order valence-electron chi connectivity index (χ0n) is 11.3. The predicted molar refractivity (Wildman–Crippen MR) is 77.2 cm³/mol. The maximum absolute atomic E-state index is 11.7. The quantitative estimate of drug-likeness (QED) is 0.660. The van der Waals surface area contributed by atoms with E-state index in [1.165, 1.54) is 19.2 Å². The minimum Gasteiger partial charge on any atom is -0.465 e. The molecule has 2 rings (SSSR count). The summed E-state index contributed by atoms with van der Waals surface area (Å²) in [7, 11) is 1.27. The lowest BCUT2D eigenvalue weighted by molar-refractivity contribution is 0.0598. The molecule has 21 heavy (non-hydrogen) atoms. The molecule has 0 aliphatic rings. The summed E-state index contributed by atoms with van der Waals surface area (Å²) in [6.45, 7) is 0. The van der Waals surface area contributed by atoms with Crippen LogP contribution in [-0.4, -0.2) is 19.0 Å². The van der Waals surface area contributed by atoms with Crippen molar-refractivity contribution < 1.29 is 19.1 Å². The van der Waals surface area contributed by atoms with Crippen LogP contribution >= 0.6 is 0 Å². The molecule has 0 saturated carbocycles. The molecule has 0 heterocycles. The van der Waals surface area contributed by atoms with Crippen LogP contribution in [0.25, 0.3) is 0 Å². The number of benzene rings is 2. The first kappa shape index (κ1) is 14.4. The number of hydrogen-bond acceptors (Lipinski definition) is 5. The Morgan fingerprint density at radius 3 is 2.48 bits per heavy atom. The Kier molecular flexibility index (Phi) is 4.08. The summed E-state index contributed by atoms with van der Waals surface area (Å²) in [5.41, 5.74) is 11.8. The molecule has 6 heteroatoms. The van der Waals surface area contributed by atoms with Gasteiger partial charge in [-0.15, -0.1) is 0 Å². The highest BCUT2D eigenvalue weighted by molar-refractivity contribution is 5.95. The van der Waals surface area contributed by atoms with Crippen LogP contribution in [-0.2, 0) is 4.74 Å². The monoisotopic (exact) mass is 286 g/mol. The number of amides is 1. The number of methoxy groups -OCH3 is 1. The van der Waals surface area contributed by atoms with Gasteiger partial charge in [0.05, 0.1) is 12.8 Å². The van der Waals surface area contributed by atoms with E-state index in [2.05, 4.69) is 4.74 Å². The number of nitrogen functional groups attached to an aromatic ring is 1. The van der Waals surface area contributed by atoms with Gasteiger partial charge >= 0.3 is 5.97 Å². The van der Waals surface area contributed by atoms with E-state index in [1.807, 2.05) is 0 Å². The lowest BCUT2D eigenvalue weighted by Gasteiger charge is -2.12. The number of hydrogen-bond donors (Lipinski definition) is 2. The number of anilines is 1. The van der Waals surface area contributed by atoms with E-state index in [1.54, 1.807) is 30.3 Å². The number of carbonyl (C=O) groups is 2. The zero-order valence-corrected chi connectivity index (χ0v) is 11.3. The van der Waals surface area contributed by atoms with Crippen LogP contribution in [0.5, 0.6) is 11.5 Å². The van der Waals surface area contributed by atoms with Gasteiger partial charge in [0.1, 0.15) is 11.3 Å². The maximum atomic E-state index is 11.7. The molecule has 0 spiro atoms. The van der Waals surface area contributed by atoms with Crippen molar-refractivity contribution in [2.45, 2.75) is 0 Å².